The second-order valence-corrected chi connectivity index (χ2v) is 9.11. The molecule has 2 aliphatic rings. The summed E-state index contributed by atoms with van der Waals surface area (Å²) in [5.74, 6) is 0.166. The molecule has 1 heterocycles. The molecule has 3 aromatic rings. The molecule has 6 heteroatoms. The molecule has 0 unspecified atom stereocenters. The zero-order valence-corrected chi connectivity index (χ0v) is 20.3. The maximum Gasteiger partial charge on any atom is 0.251 e. The van der Waals surface area contributed by atoms with Crippen LogP contribution in [0.1, 0.15) is 51.6 Å². The van der Waals surface area contributed by atoms with Crippen molar-refractivity contribution in [1.82, 2.24) is 5.32 Å². The summed E-state index contributed by atoms with van der Waals surface area (Å²) >= 11 is 0. The fraction of sp³-hybridized carbons (Fsp3) is 0.310. The molecule has 1 aliphatic carbocycles. The first-order chi connectivity index (χ1) is 17.1. The summed E-state index contributed by atoms with van der Waals surface area (Å²) in [6.07, 6.45) is 2.44. The van der Waals surface area contributed by atoms with E-state index in [1.54, 1.807) is 7.11 Å². The highest BCUT2D eigenvalue weighted by Gasteiger charge is 2.38. The molecule has 35 heavy (non-hydrogen) atoms. The van der Waals surface area contributed by atoms with Crippen LogP contribution in [-0.2, 0) is 6.42 Å². The molecular formula is C29H31N3O3. The number of primary amides is 1. The van der Waals surface area contributed by atoms with Gasteiger partial charge in [0.15, 0.2) is 5.78 Å². The third kappa shape index (κ3) is 3.78. The smallest absolute Gasteiger partial charge is 0.251 e. The summed E-state index contributed by atoms with van der Waals surface area (Å²) in [7, 11) is 1.65. The second kappa shape index (κ2) is 9.55. The Bertz CT molecular complexity index is 1310. The third-order valence-electron chi connectivity index (χ3n) is 7.08. The van der Waals surface area contributed by atoms with E-state index in [2.05, 4.69) is 17.1 Å². The number of piperazine rings is 1. The van der Waals surface area contributed by atoms with Gasteiger partial charge in [0.1, 0.15) is 5.75 Å². The van der Waals surface area contributed by atoms with Crippen molar-refractivity contribution in [3.05, 3.63) is 70.8 Å². The number of rotatable bonds is 7. The topological polar surface area (TPSA) is 84.7 Å². The molecule has 1 fully saturated rings. The Morgan fingerprint density at radius 1 is 0.971 bits per heavy atom. The quantitative estimate of drug-likeness (QED) is 0.418. The third-order valence-corrected chi connectivity index (χ3v) is 7.08. The molecule has 3 aromatic carbocycles. The van der Waals surface area contributed by atoms with Crippen LogP contribution in [-0.4, -0.2) is 45.0 Å². The molecule has 6 nitrogen and oxygen atoms in total. The first-order valence-corrected chi connectivity index (χ1v) is 12.3. The average molecular weight is 470 g/mol. The van der Waals surface area contributed by atoms with E-state index in [-0.39, 0.29) is 5.78 Å². The van der Waals surface area contributed by atoms with Crippen LogP contribution in [0.25, 0.3) is 22.3 Å². The number of para-hydroxylation sites is 1. The number of nitrogens with zero attached hydrogens (tertiary/aromatic N) is 1. The van der Waals surface area contributed by atoms with Gasteiger partial charge in [0, 0.05) is 54.0 Å². The van der Waals surface area contributed by atoms with E-state index in [4.69, 9.17) is 10.5 Å². The highest BCUT2D eigenvalue weighted by atomic mass is 16.5. The normalized spacial score (nSPS) is 14.6. The molecule has 180 valence electrons. The van der Waals surface area contributed by atoms with E-state index in [9.17, 15) is 9.59 Å². The van der Waals surface area contributed by atoms with Crippen LogP contribution in [0, 0.1) is 0 Å². The van der Waals surface area contributed by atoms with Crippen LogP contribution in [0.5, 0.6) is 5.75 Å². The van der Waals surface area contributed by atoms with Crippen molar-refractivity contribution < 1.29 is 14.3 Å². The summed E-state index contributed by atoms with van der Waals surface area (Å²) in [5, 5.41) is 3.40. The van der Waals surface area contributed by atoms with Crippen molar-refractivity contribution in [3.63, 3.8) is 0 Å². The lowest BCUT2D eigenvalue weighted by Crippen LogP contribution is -2.44. The van der Waals surface area contributed by atoms with Crippen LogP contribution in [0.2, 0.25) is 0 Å². The zero-order valence-electron chi connectivity index (χ0n) is 20.3. The van der Waals surface area contributed by atoms with Crippen molar-refractivity contribution >= 4 is 17.4 Å². The molecule has 1 amide bonds. The van der Waals surface area contributed by atoms with Crippen molar-refractivity contribution in [2.45, 2.75) is 26.2 Å². The summed E-state index contributed by atoms with van der Waals surface area (Å²) in [4.78, 5) is 29.3. The first-order valence-electron chi connectivity index (χ1n) is 12.3. The maximum atomic E-state index is 13.9. The van der Waals surface area contributed by atoms with E-state index >= 15 is 0 Å². The number of methoxy groups -OCH3 is 1. The van der Waals surface area contributed by atoms with E-state index in [0.29, 0.717) is 28.9 Å². The Labute approximate surface area is 206 Å². The van der Waals surface area contributed by atoms with Gasteiger partial charge in [-0.05, 0) is 30.0 Å². The minimum atomic E-state index is -0.493. The lowest BCUT2D eigenvalue weighted by Gasteiger charge is -2.35. The maximum absolute atomic E-state index is 13.9. The van der Waals surface area contributed by atoms with Crippen molar-refractivity contribution in [3.8, 4) is 28.0 Å². The molecule has 0 radical (unpaired) electrons. The predicted molar refractivity (Wildman–Crippen MR) is 140 cm³/mol. The summed E-state index contributed by atoms with van der Waals surface area (Å²) in [6, 6.07) is 15.5. The molecule has 0 aromatic heterocycles. The Kier molecular flexibility index (Phi) is 6.31. The number of hydrogen-bond acceptors (Lipinski definition) is 5. The molecule has 1 aliphatic heterocycles. The highest BCUT2D eigenvalue weighted by molar-refractivity contribution is 6.27. The van der Waals surface area contributed by atoms with E-state index < -0.39 is 5.91 Å². The monoisotopic (exact) mass is 469 g/mol. The van der Waals surface area contributed by atoms with Crippen molar-refractivity contribution in [2.75, 3.05) is 38.2 Å². The molecule has 0 spiro atoms. The van der Waals surface area contributed by atoms with Gasteiger partial charge in [-0.15, -0.1) is 0 Å². The van der Waals surface area contributed by atoms with E-state index in [1.165, 1.54) is 0 Å². The number of amides is 1. The number of anilines is 1. The van der Waals surface area contributed by atoms with Gasteiger partial charge >= 0.3 is 0 Å². The number of nitrogens with two attached hydrogens (primary N) is 1. The molecule has 5 rings (SSSR count). The van der Waals surface area contributed by atoms with Crippen LogP contribution in [0.4, 0.5) is 5.69 Å². The molecule has 0 saturated carbocycles. The number of fused-ring (bicyclic) bond motifs is 3. The summed E-state index contributed by atoms with van der Waals surface area (Å²) < 4.78 is 5.78. The largest absolute Gasteiger partial charge is 0.496 e. The van der Waals surface area contributed by atoms with Crippen LogP contribution in [0.3, 0.4) is 0 Å². The molecule has 0 atom stereocenters. The van der Waals surface area contributed by atoms with E-state index in [1.807, 2.05) is 48.5 Å². The van der Waals surface area contributed by atoms with Crippen LogP contribution >= 0.6 is 0 Å². The number of hydrogen-bond donors (Lipinski definition) is 2. The number of nitrogens with one attached hydrogen (secondary N) is 1. The molecule has 0 bridgehead atoms. The first kappa shape index (κ1) is 23.1. The fourth-order valence-electron chi connectivity index (χ4n) is 5.53. The zero-order chi connectivity index (χ0) is 24.5. The standard InChI is InChI=1S/C29H31N3O3/c1-3-4-9-21-25-23(18-10-5-6-11-19(18)28(25)33)24(20-12-7-8-13-22(20)35-2)27(26(21)29(30)34)32-16-14-31-15-17-32/h5-8,10-13,31H,3-4,9,14-17H2,1-2H3,(H2,30,34). The number of ether oxygens (including phenoxy) is 1. The average Bonchev–Trinajstić information content (AvgIpc) is 3.19. The number of unbranched alkanes of at least 4 members (excludes halogenated alkanes) is 1. The van der Waals surface area contributed by atoms with Crippen molar-refractivity contribution in [2.24, 2.45) is 5.73 Å². The highest BCUT2D eigenvalue weighted by Crippen LogP contribution is 2.52. The van der Waals surface area contributed by atoms with Gasteiger partial charge in [-0.2, -0.15) is 0 Å². The lowest BCUT2D eigenvalue weighted by atomic mass is 9.83. The fourth-order valence-corrected chi connectivity index (χ4v) is 5.53. The Balaban J connectivity index is 1.98. The summed E-state index contributed by atoms with van der Waals surface area (Å²) in [6.45, 7) is 5.20. The van der Waals surface area contributed by atoms with Gasteiger partial charge < -0.3 is 20.7 Å². The van der Waals surface area contributed by atoms with Crippen molar-refractivity contribution in [1.29, 1.82) is 0 Å². The second-order valence-electron chi connectivity index (χ2n) is 9.11. The molecule has 3 N–H and O–H groups in total. The van der Waals surface area contributed by atoms with Crippen LogP contribution in [0.15, 0.2) is 48.5 Å². The summed E-state index contributed by atoms with van der Waals surface area (Å²) in [5.41, 5.74) is 13.0. The lowest BCUT2D eigenvalue weighted by molar-refractivity contribution is 0.0999. The molecule has 1 saturated heterocycles. The minimum absolute atomic E-state index is 0.0350. The Morgan fingerprint density at radius 3 is 2.29 bits per heavy atom. The van der Waals surface area contributed by atoms with E-state index in [0.717, 1.165) is 72.5 Å². The van der Waals surface area contributed by atoms with Gasteiger partial charge in [-0.25, -0.2) is 0 Å². The van der Waals surface area contributed by atoms with Gasteiger partial charge in [0.25, 0.3) is 5.91 Å². The van der Waals surface area contributed by atoms with Gasteiger partial charge in [-0.1, -0.05) is 55.8 Å². The number of carbonyl (C=O) groups is 2. The Morgan fingerprint density at radius 2 is 1.63 bits per heavy atom. The molecular weight excluding hydrogens is 438 g/mol. The van der Waals surface area contributed by atoms with Crippen LogP contribution < -0.4 is 20.7 Å². The number of benzene rings is 3. The SMILES string of the molecule is CCCCc1c2c(c(-c3ccccc3OC)c(N3CCNCC3)c1C(N)=O)-c1ccccc1C2=O. The Hall–Kier alpha value is -3.64. The van der Waals surface area contributed by atoms with Gasteiger partial charge in [0.05, 0.1) is 18.4 Å². The minimum Gasteiger partial charge on any atom is -0.496 e. The number of ketones is 1. The van der Waals surface area contributed by atoms with Gasteiger partial charge in [0.2, 0.25) is 0 Å². The van der Waals surface area contributed by atoms with Gasteiger partial charge in [-0.3, -0.25) is 9.59 Å². The number of carbonyl (C=O) groups excluding carboxylic acids is 2. The predicted octanol–water partition coefficient (Wildman–Crippen LogP) is 4.42.